The number of likely N-dealkylation sites (tertiary alicyclic amines) is 1. The van der Waals surface area contributed by atoms with Crippen LogP contribution < -0.4 is 5.32 Å². The third-order valence-corrected chi connectivity index (χ3v) is 5.29. The van der Waals surface area contributed by atoms with Crippen LogP contribution in [0.5, 0.6) is 5.75 Å². The Morgan fingerprint density at radius 1 is 1.45 bits per heavy atom. The summed E-state index contributed by atoms with van der Waals surface area (Å²) in [4.78, 5) is 14.7. The summed E-state index contributed by atoms with van der Waals surface area (Å²) < 4.78 is 0.772. The number of aromatic hydroxyl groups is 1. The molecule has 3 rings (SSSR count). The maximum atomic E-state index is 12.8. The fraction of sp³-hybridized carbons (Fsp3) is 0.533. The van der Waals surface area contributed by atoms with Crippen molar-refractivity contribution in [3.8, 4) is 5.75 Å². The van der Waals surface area contributed by atoms with Crippen molar-refractivity contribution in [2.45, 2.75) is 19.4 Å². The number of phenolic OH excluding ortho intramolecular Hbond substituents is 1. The lowest BCUT2D eigenvalue weighted by molar-refractivity contribution is 0.0600. The van der Waals surface area contributed by atoms with Gasteiger partial charge in [0.05, 0.1) is 5.56 Å². The van der Waals surface area contributed by atoms with E-state index in [0.717, 1.165) is 24.1 Å². The number of carbonyl (C=O) groups is 1. The smallest absolute Gasteiger partial charge is 0.258 e. The molecular formula is C15H19BrN2O2. The van der Waals surface area contributed by atoms with Gasteiger partial charge in [-0.25, -0.2) is 0 Å². The lowest BCUT2D eigenvalue weighted by Crippen LogP contribution is -2.47. The SMILES string of the molecule is CC1(C)C2CNCC2CN1C(=O)c1ccc(Br)cc1O. The molecule has 108 valence electrons. The number of fused-ring (bicyclic) bond motifs is 1. The van der Waals surface area contributed by atoms with Gasteiger partial charge in [0.1, 0.15) is 5.75 Å². The number of halogens is 1. The topological polar surface area (TPSA) is 52.6 Å². The zero-order valence-electron chi connectivity index (χ0n) is 11.7. The molecule has 20 heavy (non-hydrogen) atoms. The highest BCUT2D eigenvalue weighted by Crippen LogP contribution is 2.41. The first-order valence-corrected chi connectivity index (χ1v) is 7.72. The van der Waals surface area contributed by atoms with Crippen LogP contribution in [0.4, 0.5) is 0 Å². The van der Waals surface area contributed by atoms with Crippen LogP contribution in [0.2, 0.25) is 0 Å². The van der Waals surface area contributed by atoms with E-state index in [1.54, 1.807) is 18.2 Å². The Labute approximate surface area is 127 Å². The first kappa shape index (κ1) is 13.9. The van der Waals surface area contributed by atoms with E-state index in [2.05, 4.69) is 35.1 Å². The van der Waals surface area contributed by atoms with Crippen molar-refractivity contribution in [1.29, 1.82) is 0 Å². The largest absolute Gasteiger partial charge is 0.507 e. The predicted molar refractivity (Wildman–Crippen MR) is 80.8 cm³/mol. The zero-order chi connectivity index (χ0) is 14.5. The molecule has 0 saturated carbocycles. The summed E-state index contributed by atoms with van der Waals surface area (Å²) in [5.41, 5.74) is 0.208. The van der Waals surface area contributed by atoms with Gasteiger partial charge in [-0.05, 0) is 43.9 Å². The molecule has 0 spiro atoms. The van der Waals surface area contributed by atoms with Crippen LogP contribution in [0, 0.1) is 11.8 Å². The Hall–Kier alpha value is -1.07. The van der Waals surface area contributed by atoms with Gasteiger partial charge in [0.25, 0.3) is 5.91 Å². The van der Waals surface area contributed by atoms with Gasteiger partial charge < -0.3 is 15.3 Å². The molecule has 0 bridgehead atoms. The van der Waals surface area contributed by atoms with Gasteiger partial charge in [-0.2, -0.15) is 0 Å². The number of hydrogen-bond donors (Lipinski definition) is 2. The van der Waals surface area contributed by atoms with Crippen molar-refractivity contribution in [2.24, 2.45) is 11.8 Å². The lowest BCUT2D eigenvalue weighted by Gasteiger charge is -2.35. The van der Waals surface area contributed by atoms with E-state index in [4.69, 9.17) is 0 Å². The highest BCUT2D eigenvalue weighted by Gasteiger charge is 2.51. The van der Waals surface area contributed by atoms with Crippen LogP contribution in [0.3, 0.4) is 0 Å². The Kier molecular flexibility index (Phi) is 3.29. The molecule has 2 aliphatic heterocycles. The summed E-state index contributed by atoms with van der Waals surface area (Å²) in [5, 5.41) is 13.4. The summed E-state index contributed by atoms with van der Waals surface area (Å²) in [7, 11) is 0. The van der Waals surface area contributed by atoms with Crippen molar-refractivity contribution in [1.82, 2.24) is 10.2 Å². The van der Waals surface area contributed by atoms with Gasteiger partial charge in [0.2, 0.25) is 0 Å². The van der Waals surface area contributed by atoms with Crippen LogP contribution in [0.1, 0.15) is 24.2 Å². The minimum atomic E-state index is -0.176. The van der Waals surface area contributed by atoms with Gasteiger partial charge in [0, 0.05) is 29.6 Å². The van der Waals surface area contributed by atoms with E-state index < -0.39 is 0 Å². The second-order valence-corrected chi connectivity index (χ2v) is 7.17. The highest BCUT2D eigenvalue weighted by molar-refractivity contribution is 9.10. The van der Waals surface area contributed by atoms with Crippen molar-refractivity contribution < 1.29 is 9.90 Å². The third kappa shape index (κ3) is 2.04. The molecule has 4 nitrogen and oxygen atoms in total. The number of nitrogens with one attached hydrogen (secondary N) is 1. The number of nitrogens with zero attached hydrogens (tertiary/aromatic N) is 1. The quantitative estimate of drug-likeness (QED) is 0.825. The zero-order valence-corrected chi connectivity index (χ0v) is 13.3. The minimum absolute atomic E-state index is 0.0374. The molecule has 0 radical (unpaired) electrons. The Balaban J connectivity index is 1.91. The van der Waals surface area contributed by atoms with E-state index in [1.165, 1.54) is 0 Å². The maximum absolute atomic E-state index is 12.8. The van der Waals surface area contributed by atoms with E-state index in [9.17, 15) is 9.90 Å². The first-order valence-electron chi connectivity index (χ1n) is 6.92. The molecular weight excluding hydrogens is 320 g/mol. The lowest BCUT2D eigenvalue weighted by atomic mass is 9.84. The Morgan fingerprint density at radius 3 is 2.85 bits per heavy atom. The standard InChI is InChI=1S/C15H19BrN2O2/c1-15(2)12-7-17-6-9(12)8-18(15)14(20)11-4-3-10(16)5-13(11)19/h3-5,9,12,17,19H,6-8H2,1-2H3. The molecule has 2 atom stereocenters. The number of benzene rings is 1. The maximum Gasteiger partial charge on any atom is 0.258 e. The molecule has 5 heteroatoms. The van der Waals surface area contributed by atoms with Crippen molar-refractivity contribution >= 4 is 21.8 Å². The van der Waals surface area contributed by atoms with Gasteiger partial charge in [-0.15, -0.1) is 0 Å². The summed E-state index contributed by atoms with van der Waals surface area (Å²) in [6, 6.07) is 5.04. The van der Waals surface area contributed by atoms with Crippen LogP contribution in [-0.4, -0.2) is 41.1 Å². The van der Waals surface area contributed by atoms with Gasteiger partial charge in [-0.3, -0.25) is 4.79 Å². The number of hydrogen-bond acceptors (Lipinski definition) is 3. The second-order valence-electron chi connectivity index (χ2n) is 6.26. The molecule has 2 saturated heterocycles. The first-order chi connectivity index (χ1) is 9.41. The molecule has 1 aromatic carbocycles. The van der Waals surface area contributed by atoms with Gasteiger partial charge >= 0.3 is 0 Å². The molecule has 0 aromatic heterocycles. The van der Waals surface area contributed by atoms with Crippen molar-refractivity contribution in [3.63, 3.8) is 0 Å². The average molecular weight is 339 g/mol. The number of amides is 1. The summed E-state index contributed by atoms with van der Waals surface area (Å²) in [6.07, 6.45) is 0. The molecule has 2 unspecified atom stereocenters. The molecule has 0 aliphatic carbocycles. The number of rotatable bonds is 1. The van der Waals surface area contributed by atoms with Crippen LogP contribution in [0.25, 0.3) is 0 Å². The summed E-state index contributed by atoms with van der Waals surface area (Å²) >= 11 is 3.30. The fourth-order valence-corrected chi connectivity index (χ4v) is 3.95. The molecule has 2 heterocycles. The molecule has 1 aromatic rings. The molecule has 2 aliphatic rings. The fourth-order valence-electron chi connectivity index (χ4n) is 3.60. The van der Waals surface area contributed by atoms with Crippen molar-refractivity contribution in [2.75, 3.05) is 19.6 Å². The van der Waals surface area contributed by atoms with E-state index in [-0.39, 0.29) is 17.2 Å². The highest BCUT2D eigenvalue weighted by atomic mass is 79.9. The Morgan fingerprint density at radius 2 is 2.20 bits per heavy atom. The van der Waals surface area contributed by atoms with Crippen LogP contribution in [0.15, 0.2) is 22.7 Å². The van der Waals surface area contributed by atoms with Crippen molar-refractivity contribution in [3.05, 3.63) is 28.2 Å². The third-order valence-electron chi connectivity index (χ3n) is 4.80. The molecule has 1 amide bonds. The summed E-state index contributed by atoms with van der Waals surface area (Å²) in [6.45, 7) is 6.95. The van der Waals surface area contributed by atoms with E-state index in [1.807, 2.05) is 4.90 Å². The van der Waals surface area contributed by atoms with E-state index in [0.29, 0.717) is 17.4 Å². The van der Waals surface area contributed by atoms with E-state index >= 15 is 0 Å². The van der Waals surface area contributed by atoms with Gasteiger partial charge in [-0.1, -0.05) is 15.9 Å². The average Bonchev–Trinajstić information content (AvgIpc) is 2.91. The number of phenols is 1. The van der Waals surface area contributed by atoms with Crippen LogP contribution >= 0.6 is 15.9 Å². The number of carbonyl (C=O) groups excluding carboxylic acids is 1. The molecule has 2 fully saturated rings. The molecule has 2 N–H and O–H groups in total. The summed E-state index contributed by atoms with van der Waals surface area (Å²) in [5.74, 6) is 0.973. The monoisotopic (exact) mass is 338 g/mol. The minimum Gasteiger partial charge on any atom is -0.507 e. The second kappa shape index (κ2) is 4.74. The van der Waals surface area contributed by atoms with Crippen LogP contribution in [-0.2, 0) is 0 Å². The predicted octanol–water partition coefficient (Wildman–Crippen LogP) is 2.22. The Bertz CT molecular complexity index is 559. The normalized spacial score (nSPS) is 27.6. The van der Waals surface area contributed by atoms with Gasteiger partial charge in [0.15, 0.2) is 0 Å².